The largest absolute Gasteiger partial charge is 0.573 e. The van der Waals surface area contributed by atoms with Gasteiger partial charge in [-0.05, 0) is 52.7 Å². The number of hydrogen-bond donors (Lipinski definition) is 1. The number of hydrogen-bond acceptors (Lipinski definition) is 3. The van der Waals surface area contributed by atoms with Gasteiger partial charge < -0.3 is 14.5 Å². The minimum absolute atomic E-state index is 0.00452. The summed E-state index contributed by atoms with van der Waals surface area (Å²) in [5, 5.41) is 3.22. The average Bonchev–Trinajstić information content (AvgIpc) is 2.91. The van der Waals surface area contributed by atoms with Gasteiger partial charge in [-0.25, -0.2) is 0 Å². The Balaban J connectivity index is 1.97. The molecular weight excluding hydrogens is 351 g/mol. The molecule has 2 aromatic rings. The maximum Gasteiger partial charge on any atom is 0.573 e. The maximum atomic E-state index is 12.2. The zero-order valence-corrected chi connectivity index (χ0v) is 12.7. The molecule has 1 unspecified atom stereocenters. The average molecular weight is 364 g/mol. The summed E-state index contributed by atoms with van der Waals surface area (Å²) in [7, 11) is 0. The van der Waals surface area contributed by atoms with Crippen LogP contribution < -0.4 is 10.1 Å². The third kappa shape index (κ3) is 4.78. The minimum Gasteiger partial charge on any atom is -0.468 e. The minimum atomic E-state index is -4.70. The summed E-state index contributed by atoms with van der Waals surface area (Å²) >= 11 is 3.07. The normalized spacial score (nSPS) is 13.2. The van der Waals surface area contributed by atoms with Gasteiger partial charge in [0.1, 0.15) is 11.5 Å². The smallest absolute Gasteiger partial charge is 0.468 e. The van der Waals surface area contributed by atoms with Crippen molar-refractivity contribution in [2.45, 2.75) is 25.9 Å². The highest BCUT2D eigenvalue weighted by atomic mass is 79.9. The number of benzene rings is 1. The fourth-order valence-electron chi connectivity index (χ4n) is 1.77. The molecule has 1 heterocycles. The molecule has 0 aliphatic rings. The number of rotatable bonds is 5. The van der Waals surface area contributed by atoms with Crippen molar-refractivity contribution >= 4 is 15.9 Å². The van der Waals surface area contributed by atoms with Crippen LogP contribution in [0.4, 0.5) is 13.2 Å². The van der Waals surface area contributed by atoms with Crippen LogP contribution in [-0.4, -0.2) is 6.36 Å². The van der Waals surface area contributed by atoms with E-state index < -0.39 is 6.36 Å². The van der Waals surface area contributed by atoms with Crippen molar-refractivity contribution in [2.24, 2.45) is 0 Å². The van der Waals surface area contributed by atoms with E-state index in [0.717, 1.165) is 11.3 Å². The van der Waals surface area contributed by atoms with Gasteiger partial charge in [-0.3, -0.25) is 0 Å². The Bertz CT molecular complexity index is 584. The Morgan fingerprint density at radius 3 is 2.67 bits per heavy atom. The second kappa shape index (κ2) is 6.53. The van der Waals surface area contributed by atoms with Gasteiger partial charge in [-0.15, -0.1) is 13.2 Å². The second-order valence-electron chi connectivity index (χ2n) is 4.43. The fourth-order valence-corrected chi connectivity index (χ4v) is 2.28. The zero-order chi connectivity index (χ0) is 15.5. The molecule has 0 spiro atoms. The van der Waals surface area contributed by atoms with Crippen LogP contribution in [0, 0.1) is 0 Å². The van der Waals surface area contributed by atoms with Crippen LogP contribution in [0.25, 0.3) is 0 Å². The molecule has 0 fully saturated rings. The molecule has 7 heteroatoms. The van der Waals surface area contributed by atoms with Gasteiger partial charge in [-0.1, -0.05) is 6.07 Å². The van der Waals surface area contributed by atoms with Crippen LogP contribution in [0.1, 0.15) is 24.3 Å². The van der Waals surface area contributed by atoms with Crippen LogP contribution in [-0.2, 0) is 6.54 Å². The Hall–Kier alpha value is -1.47. The van der Waals surface area contributed by atoms with Crippen molar-refractivity contribution in [2.75, 3.05) is 0 Å². The van der Waals surface area contributed by atoms with E-state index in [1.165, 1.54) is 6.07 Å². The first-order valence-corrected chi connectivity index (χ1v) is 6.95. The monoisotopic (exact) mass is 363 g/mol. The van der Waals surface area contributed by atoms with E-state index >= 15 is 0 Å². The highest BCUT2D eigenvalue weighted by Gasteiger charge is 2.31. The number of alkyl halides is 3. The van der Waals surface area contributed by atoms with E-state index in [2.05, 4.69) is 26.0 Å². The predicted molar refractivity (Wildman–Crippen MR) is 74.8 cm³/mol. The molecule has 0 radical (unpaired) electrons. The van der Waals surface area contributed by atoms with E-state index in [-0.39, 0.29) is 16.3 Å². The Kier molecular flexibility index (Phi) is 4.95. The van der Waals surface area contributed by atoms with E-state index in [1.807, 2.05) is 13.0 Å². The molecule has 1 N–H and O–H groups in total. The van der Waals surface area contributed by atoms with E-state index in [1.54, 1.807) is 24.5 Å². The van der Waals surface area contributed by atoms with Crippen LogP contribution >= 0.6 is 15.9 Å². The number of nitrogens with one attached hydrogen (secondary N) is 1. The van der Waals surface area contributed by atoms with E-state index in [9.17, 15) is 13.2 Å². The van der Waals surface area contributed by atoms with E-state index in [4.69, 9.17) is 4.42 Å². The Morgan fingerprint density at radius 1 is 1.33 bits per heavy atom. The molecule has 2 rings (SSSR count). The van der Waals surface area contributed by atoms with Gasteiger partial charge in [0.25, 0.3) is 0 Å². The van der Waals surface area contributed by atoms with Crippen molar-refractivity contribution in [1.82, 2.24) is 5.32 Å². The standard InChI is InChI=1S/C14H13BrF3NO2/c1-9(12-3-2-6-20-12)19-8-10-4-5-13(11(15)7-10)21-14(16,17)18/h2-7,9,19H,8H2,1H3. The van der Waals surface area contributed by atoms with Gasteiger partial charge in [-0.2, -0.15) is 0 Å². The molecular formula is C14H13BrF3NO2. The molecule has 0 aliphatic carbocycles. The summed E-state index contributed by atoms with van der Waals surface area (Å²) in [5.41, 5.74) is 0.829. The van der Waals surface area contributed by atoms with E-state index in [0.29, 0.717) is 6.54 Å². The number of halogens is 4. The highest BCUT2D eigenvalue weighted by molar-refractivity contribution is 9.10. The molecule has 0 amide bonds. The van der Waals surface area contributed by atoms with Gasteiger partial charge in [0.2, 0.25) is 0 Å². The van der Waals surface area contributed by atoms with Gasteiger partial charge in [0.05, 0.1) is 16.8 Å². The van der Waals surface area contributed by atoms with Crippen molar-refractivity contribution in [3.05, 3.63) is 52.4 Å². The fraction of sp³-hybridized carbons (Fsp3) is 0.286. The third-order valence-electron chi connectivity index (χ3n) is 2.80. The summed E-state index contributed by atoms with van der Waals surface area (Å²) in [6.45, 7) is 2.43. The topological polar surface area (TPSA) is 34.4 Å². The molecule has 0 bridgehead atoms. The molecule has 0 saturated carbocycles. The second-order valence-corrected chi connectivity index (χ2v) is 5.28. The molecule has 1 aromatic heterocycles. The van der Waals surface area contributed by atoms with Gasteiger partial charge >= 0.3 is 6.36 Å². The van der Waals surface area contributed by atoms with Gasteiger partial charge in [0.15, 0.2) is 0 Å². The Labute approximate surface area is 128 Å². The lowest BCUT2D eigenvalue weighted by molar-refractivity contribution is -0.274. The molecule has 1 aromatic carbocycles. The highest BCUT2D eigenvalue weighted by Crippen LogP contribution is 2.31. The number of furan rings is 1. The third-order valence-corrected chi connectivity index (χ3v) is 3.42. The summed E-state index contributed by atoms with van der Waals surface area (Å²) < 4.78 is 45.9. The summed E-state index contributed by atoms with van der Waals surface area (Å²) in [6.07, 6.45) is -3.11. The van der Waals surface area contributed by atoms with Crippen LogP contribution in [0.3, 0.4) is 0 Å². The number of ether oxygens (including phenoxy) is 1. The molecule has 0 aliphatic heterocycles. The quantitative estimate of drug-likeness (QED) is 0.828. The van der Waals surface area contributed by atoms with Crippen LogP contribution in [0.15, 0.2) is 45.5 Å². The summed E-state index contributed by atoms with van der Waals surface area (Å²) in [6, 6.07) is 8.11. The first-order chi connectivity index (χ1) is 9.85. The molecule has 114 valence electrons. The molecule has 1 atom stereocenters. The SMILES string of the molecule is CC(NCc1ccc(OC(F)(F)F)c(Br)c1)c1ccco1. The lowest BCUT2D eigenvalue weighted by Gasteiger charge is -2.14. The van der Waals surface area contributed by atoms with Crippen LogP contribution in [0.5, 0.6) is 5.75 Å². The predicted octanol–water partition coefficient (Wildman–Crippen LogP) is 4.79. The lowest BCUT2D eigenvalue weighted by atomic mass is 10.2. The lowest BCUT2D eigenvalue weighted by Crippen LogP contribution is -2.18. The van der Waals surface area contributed by atoms with Crippen molar-refractivity contribution in [3.63, 3.8) is 0 Å². The van der Waals surface area contributed by atoms with Crippen molar-refractivity contribution < 1.29 is 22.3 Å². The first kappa shape index (κ1) is 15.9. The van der Waals surface area contributed by atoms with Crippen molar-refractivity contribution in [1.29, 1.82) is 0 Å². The van der Waals surface area contributed by atoms with Crippen LogP contribution in [0.2, 0.25) is 0 Å². The first-order valence-electron chi connectivity index (χ1n) is 6.16. The van der Waals surface area contributed by atoms with Crippen molar-refractivity contribution in [3.8, 4) is 5.75 Å². The van der Waals surface area contributed by atoms with Gasteiger partial charge in [0, 0.05) is 6.54 Å². The Morgan fingerprint density at radius 2 is 2.10 bits per heavy atom. The maximum absolute atomic E-state index is 12.2. The molecule has 0 saturated heterocycles. The molecule has 3 nitrogen and oxygen atoms in total. The summed E-state index contributed by atoms with van der Waals surface area (Å²) in [5.74, 6) is 0.538. The summed E-state index contributed by atoms with van der Waals surface area (Å²) in [4.78, 5) is 0. The molecule has 21 heavy (non-hydrogen) atoms. The zero-order valence-electron chi connectivity index (χ0n) is 11.1.